The number of carbonyl (C=O) groups excluding carboxylic acids is 2. The molecule has 0 unspecified atom stereocenters. The number of carbonyl (C=O) groups is 2. The maximum atomic E-state index is 14.1. The van der Waals surface area contributed by atoms with Gasteiger partial charge >= 0.3 is 0 Å². The van der Waals surface area contributed by atoms with Crippen LogP contribution in [0.2, 0.25) is 0 Å². The fourth-order valence-electron chi connectivity index (χ4n) is 10.8. The van der Waals surface area contributed by atoms with Gasteiger partial charge in [-0.25, -0.2) is 36.3 Å². The molecule has 7 aromatic rings. The molecule has 0 spiro atoms. The molecular weight excluding hydrogens is 891 g/mol. The number of rotatable bonds is 7. The number of hydrogen-bond donors (Lipinski definition) is 1. The molecule has 4 aliphatic rings. The average Bonchev–Trinajstić information content (AvgIpc) is 4.17. The lowest BCUT2D eigenvalue weighted by molar-refractivity contribution is -0.119. The van der Waals surface area contributed by atoms with Gasteiger partial charge in [0.15, 0.2) is 11.6 Å². The van der Waals surface area contributed by atoms with Gasteiger partial charge in [-0.3, -0.25) is 9.59 Å². The third kappa shape index (κ3) is 8.33. The summed E-state index contributed by atoms with van der Waals surface area (Å²) in [5, 5.41) is 11.1. The number of fused-ring (bicyclic) bond motifs is 2. The van der Waals surface area contributed by atoms with Gasteiger partial charge in [0.05, 0.1) is 45.5 Å². The Labute approximate surface area is 387 Å². The highest BCUT2D eigenvalue weighted by molar-refractivity contribution is 5.96. The van der Waals surface area contributed by atoms with E-state index < -0.39 is 29.5 Å². The van der Waals surface area contributed by atoms with Gasteiger partial charge in [-0.15, -0.1) is 0 Å². The lowest BCUT2D eigenvalue weighted by Gasteiger charge is -2.32. The minimum atomic E-state index is -2.70. The van der Waals surface area contributed by atoms with Gasteiger partial charge in [-0.2, -0.15) is 0 Å². The van der Waals surface area contributed by atoms with Crippen LogP contribution < -0.4 is 10.2 Å². The monoisotopic (exact) mass is 940 g/mol. The van der Waals surface area contributed by atoms with Crippen molar-refractivity contribution in [3.63, 3.8) is 0 Å². The third-order valence-electron chi connectivity index (χ3n) is 14.2. The predicted octanol–water partition coefficient (Wildman–Crippen LogP) is 12.2. The van der Waals surface area contributed by atoms with E-state index in [0.29, 0.717) is 49.2 Å². The molecule has 2 amide bonds. The second-order valence-corrected chi connectivity index (χ2v) is 18.7. The van der Waals surface area contributed by atoms with Gasteiger partial charge in [0.25, 0.3) is 0 Å². The average molecular weight is 941 g/mol. The van der Waals surface area contributed by atoms with Crippen LogP contribution in [-0.4, -0.2) is 53.1 Å². The van der Waals surface area contributed by atoms with Crippen molar-refractivity contribution < 1.29 is 45.0 Å². The Kier molecular flexibility index (Phi) is 11.5. The lowest BCUT2D eigenvalue weighted by Crippen LogP contribution is -2.32. The van der Waals surface area contributed by atoms with E-state index in [0.717, 1.165) is 73.9 Å². The molecule has 2 saturated heterocycles. The first-order valence-corrected chi connectivity index (χ1v) is 23.2. The normalized spacial score (nSPS) is 20.9. The third-order valence-corrected chi connectivity index (χ3v) is 14.2. The molecule has 2 aliphatic heterocycles. The van der Waals surface area contributed by atoms with E-state index in [9.17, 15) is 35.9 Å². The van der Waals surface area contributed by atoms with E-state index in [1.54, 1.807) is 0 Å². The second kappa shape index (κ2) is 17.3. The largest absolute Gasteiger partial charge is 0.361 e. The van der Waals surface area contributed by atoms with Crippen LogP contribution in [0.4, 0.5) is 32.0 Å². The van der Waals surface area contributed by atoms with Crippen molar-refractivity contribution in [1.29, 1.82) is 0 Å². The van der Waals surface area contributed by atoms with Crippen molar-refractivity contribution in [2.24, 2.45) is 0 Å². The van der Waals surface area contributed by atoms with Crippen LogP contribution in [0.25, 0.3) is 44.3 Å². The number of benzene rings is 3. The van der Waals surface area contributed by atoms with Crippen LogP contribution in [0.3, 0.4) is 0 Å². The predicted molar refractivity (Wildman–Crippen MR) is 240 cm³/mol. The van der Waals surface area contributed by atoms with E-state index in [-0.39, 0.29) is 80.6 Å². The van der Waals surface area contributed by atoms with Gasteiger partial charge in [0, 0.05) is 73.5 Å². The summed E-state index contributed by atoms with van der Waals surface area (Å²) in [5.74, 6) is -4.84. The van der Waals surface area contributed by atoms with Crippen molar-refractivity contribution in [1.82, 2.24) is 34.7 Å². The SMILES string of the molecule is Cc1noc(C)c1-c1ccc2c(c1)nc([C@@H]1CCC(=O)N1)n2C1CCC(F)(F)CC1.Cc1noc(C)c1-c1ccc2c(c1)nc([C@@H]1CCC(=O)N1c1ccc(F)c(F)c1)n2C1CCC(F)(F)CC1. The van der Waals surface area contributed by atoms with E-state index in [1.165, 1.54) is 11.0 Å². The zero-order valence-corrected chi connectivity index (χ0v) is 38.0. The number of nitrogens with one attached hydrogen (secondary N) is 1. The number of hydrogen-bond acceptors (Lipinski definition) is 8. The molecular formula is C50H50F6N8O4. The molecule has 4 fully saturated rings. The molecule has 11 rings (SSSR count). The zero-order chi connectivity index (χ0) is 47.8. The van der Waals surface area contributed by atoms with Crippen molar-refractivity contribution >= 4 is 39.6 Å². The van der Waals surface area contributed by atoms with Gasteiger partial charge in [0.1, 0.15) is 23.2 Å². The molecule has 3 aromatic carbocycles. The van der Waals surface area contributed by atoms with Crippen LogP contribution in [-0.2, 0) is 9.59 Å². The summed E-state index contributed by atoms with van der Waals surface area (Å²) < 4.78 is 98.2. The molecule has 1 N–H and O–H groups in total. The topological polar surface area (TPSA) is 137 Å². The van der Waals surface area contributed by atoms with Gasteiger partial charge in [0.2, 0.25) is 23.7 Å². The highest BCUT2D eigenvalue weighted by Gasteiger charge is 2.42. The zero-order valence-electron chi connectivity index (χ0n) is 38.0. The molecule has 0 radical (unpaired) electrons. The van der Waals surface area contributed by atoms with Crippen LogP contribution >= 0.6 is 0 Å². The number of aromatic nitrogens is 6. The van der Waals surface area contributed by atoms with Crippen LogP contribution in [0.1, 0.15) is 136 Å². The number of imidazole rings is 2. The maximum absolute atomic E-state index is 14.1. The van der Waals surface area contributed by atoms with Gasteiger partial charge in [-0.1, -0.05) is 22.4 Å². The first-order chi connectivity index (χ1) is 32.4. The summed E-state index contributed by atoms with van der Waals surface area (Å²) in [4.78, 5) is 36.1. The summed E-state index contributed by atoms with van der Waals surface area (Å²) in [6.45, 7) is 7.46. The van der Waals surface area contributed by atoms with Crippen molar-refractivity contribution in [3.05, 3.63) is 101 Å². The Morgan fingerprint density at radius 3 is 1.60 bits per heavy atom. The van der Waals surface area contributed by atoms with E-state index in [2.05, 4.69) is 20.2 Å². The molecule has 0 bridgehead atoms. The highest BCUT2D eigenvalue weighted by atomic mass is 19.3. The molecule has 356 valence electrons. The Morgan fingerprint density at radius 1 is 0.618 bits per heavy atom. The molecule has 6 heterocycles. The Balaban J connectivity index is 0.000000163. The Bertz CT molecular complexity index is 3040. The smallest absolute Gasteiger partial charge is 0.248 e. The molecule has 2 aliphatic carbocycles. The molecule has 2 saturated carbocycles. The number of aryl methyl sites for hydroxylation is 4. The van der Waals surface area contributed by atoms with E-state index in [1.807, 2.05) is 68.7 Å². The molecule has 12 nitrogen and oxygen atoms in total. The second-order valence-electron chi connectivity index (χ2n) is 18.7. The summed E-state index contributed by atoms with van der Waals surface area (Å²) in [6.07, 6.45) is 2.38. The summed E-state index contributed by atoms with van der Waals surface area (Å²) in [5.41, 5.74) is 8.54. The maximum Gasteiger partial charge on any atom is 0.248 e. The lowest BCUT2D eigenvalue weighted by atomic mass is 9.91. The number of anilines is 1. The van der Waals surface area contributed by atoms with Crippen molar-refractivity contribution in [2.75, 3.05) is 4.90 Å². The van der Waals surface area contributed by atoms with Crippen molar-refractivity contribution in [3.8, 4) is 22.3 Å². The fraction of sp³-hybridized carbons (Fsp3) is 0.440. The van der Waals surface area contributed by atoms with Gasteiger partial charge < -0.3 is 28.4 Å². The Morgan fingerprint density at radius 2 is 1.13 bits per heavy atom. The van der Waals surface area contributed by atoms with Crippen LogP contribution in [0.5, 0.6) is 0 Å². The fourth-order valence-corrected chi connectivity index (χ4v) is 10.8. The number of halogens is 6. The Hall–Kier alpha value is -6.46. The first kappa shape index (κ1) is 45.3. The van der Waals surface area contributed by atoms with Gasteiger partial charge in [-0.05, 0) is 114 Å². The minimum Gasteiger partial charge on any atom is -0.361 e. The highest BCUT2D eigenvalue weighted by Crippen LogP contribution is 2.46. The van der Waals surface area contributed by atoms with Crippen molar-refractivity contribution in [2.45, 2.75) is 141 Å². The molecule has 4 aromatic heterocycles. The summed E-state index contributed by atoms with van der Waals surface area (Å²) in [7, 11) is 0. The minimum absolute atomic E-state index is 0.00481. The molecule has 68 heavy (non-hydrogen) atoms. The number of amides is 2. The van der Waals surface area contributed by atoms with Crippen LogP contribution in [0, 0.1) is 39.3 Å². The standard InChI is InChI=1S/C28H26F4N4O2.C22H24F2N4O2/c1-15-26(16(2)38-34-15)17-3-6-23-22(13-17)33-27(36(23)18-9-11-28(31,32)12-10-18)24-7-8-25(37)35(24)19-4-5-20(29)21(30)14-19;1-12-20(13(2)30-27-12)14-3-5-18-17(11-14)26-21(16-4-6-19(29)25-16)28(18)15-7-9-22(23,24)10-8-15/h3-6,13-14,18,24H,7-12H2,1-2H3;3,5,11,15-16H,4,6-10H2,1-2H3,(H,25,29)/t24-;16-/m00/s1. The van der Waals surface area contributed by atoms with E-state index >= 15 is 0 Å². The number of alkyl halides is 4. The first-order valence-electron chi connectivity index (χ1n) is 23.2. The summed E-state index contributed by atoms with van der Waals surface area (Å²) in [6, 6.07) is 14.1. The quantitative estimate of drug-likeness (QED) is 0.156. The molecule has 2 atom stereocenters. The number of nitrogens with zero attached hydrogens (tertiary/aromatic N) is 7. The molecule has 18 heteroatoms. The van der Waals surface area contributed by atoms with Crippen LogP contribution in [0.15, 0.2) is 63.6 Å². The van der Waals surface area contributed by atoms with E-state index in [4.69, 9.17) is 19.0 Å². The summed E-state index contributed by atoms with van der Waals surface area (Å²) >= 11 is 0.